The molecular weight excluding hydrogens is 450 g/mol. The lowest BCUT2D eigenvalue weighted by Crippen LogP contribution is -2.27. The summed E-state index contributed by atoms with van der Waals surface area (Å²) in [6.45, 7) is 5.62. The van der Waals surface area contributed by atoms with Crippen molar-refractivity contribution in [3.05, 3.63) is 81.9 Å². The monoisotopic (exact) mass is 471 g/mol. The van der Waals surface area contributed by atoms with Gasteiger partial charge in [0.25, 0.3) is 11.4 Å². The number of fused-ring (bicyclic) bond motifs is 1. The molecule has 0 saturated carbocycles. The van der Waals surface area contributed by atoms with Gasteiger partial charge in [0.1, 0.15) is 11.4 Å². The zero-order chi connectivity index (χ0) is 23.8. The highest BCUT2D eigenvalue weighted by atomic mass is 32.1. The molecule has 5 rings (SSSR count). The van der Waals surface area contributed by atoms with E-state index in [0.29, 0.717) is 38.1 Å². The SMILES string of the molecule is Cc1cccc(NC(=O)Cn2cnc3sc(-c4nc(-c5ccccc5C)no4)c(C)c3c2=O)c1. The van der Waals surface area contributed by atoms with Crippen LogP contribution in [-0.4, -0.2) is 25.6 Å². The van der Waals surface area contributed by atoms with Gasteiger partial charge in [-0.05, 0) is 49.6 Å². The highest BCUT2D eigenvalue weighted by Gasteiger charge is 2.21. The van der Waals surface area contributed by atoms with Gasteiger partial charge in [0, 0.05) is 11.3 Å². The second kappa shape index (κ2) is 8.68. The molecule has 0 radical (unpaired) electrons. The predicted octanol–water partition coefficient (Wildman–Crippen LogP) is 4.74. The maximum absolute atomic E-state index is 13.2. The maximum atomic E-state index is 13.2. The van der Waals surface area contributed by atoms with E-state index in [-0.39, 0.29) is 18.0 Å². The Morgan fingerprint density at radius 2 is 1.94 bits per heavy atom. The molecule has 1 N–H and O–H groups in total. The quantitative estimate of drug-likeness (QED) is 0.397. The second-order valence-corrected chi connectivity index (χ2v) is 9.07. The molecule has 0 aliphatic heterocycles. The number of nitrogens with one attached hydrogen (secondary N) is 1. The number of nitrogens with zero attached hydrogens (tertiary/aromatic N) is 4. The Bertz CT molecular complexity index is 1600. The number of thiophene rings is 1. The molecule has 5 aromatic rings. The van der Waals surface area contributed by atoms with Crippen LogP contribution < -0.4 is 10.9 Å². The average Bonchev–Trinajstić information content (AvgIpc) is 3.41. The number of aromatic nitrogens is 4. The summed E-state index contributed by atoms with van der Waals surface area (Å²) in [7, 11) is 0. The summed E-state index contributed by atoms with van der Waals surface area (Å²) in [5, 5.41) is 7.39. The maximum Gasteiger partial charge on any atom is 0.268 e. The molecule has 0 atom stereocenters. The van der Waals surface area contributed by atoms with Crippen LogP contribution in [0.2, 0.25) is 0 Å². The molecule has 0 bridgehead atoms. The Kier molecular flexibility index (Phi) is 5.54. The van der Waals surface area contributed by atoms with Crippen molar-refractivity contribution in [3.8, 4) is 22.2 Å². The van der Waals surface area contributed by atoms with Gasteiger partial charge in [0.05, 0.1) is 16.6 Å². The fourth-order valence-electron chi connectivity index (χ4n) is 3.80. The summed E-state index contributed by atoms with van der Waals surface area (Å²) in [5.74, 6) is 0.520. The summed E-state index contributed by atoms with van der Waals surface area (Å²) < 4.78 is 6.84. The lowest BCUT2D eigenvalue weighted by Gasteiger charge is -2.08. The Balaban J connectivity index is 1.45. The van der Waals surface area contributed by atoms with Gasteiger partial charge in [0.15, 0.2) is 0 Å². The molecule has 2 aromatic carbocycles. The smallest absolute Gasteiger partial charge is 0.268 e. The van der Waals surface area contributed by atoms with Crippen molar-refractivity contribution in [2.75, 3.05) is 5.32 Å². The predicted molar refractivity (Wildman–Crippen MR) is 132 cm³/mol. The van der Waals surface area contributed by atoms with E-state index in [9.17, 15) is 9.59 Å². The van der Waals surface area contributed by atoms with E-state index in [1.807, 2.05) is 63.2 Å². The second-order valence-electron chi connectivity index (χ2n) is 8.07. The lowest BCUT2D eigenvalue weighted by atomic mass is 10.1. The number of rotatable bonds is 5. The van der Waals surface area contributed by atoms with Crippen molar-refractivity contribution in [1.29, 1.82) is 0 Å². The van der Waals surface area contributed by atoms with Crippen LogP contribution in [0.5, 0.6) is 0 Å². The van der Waals surface area contributed by atoms with Gasteiger partial charge in [-0.15, -0.1) is 11.3 Å². The molecule has 0 unspecified atom stereocenters. The summed E-state index contributed by atoms with van der Waals surface area (Å²) in [5.41, 5.74) is 4.05. The van der Waals surface area contributed by atoms with Crippen LogP contribution in [0.1, 0.15) is 16.7 Å². The first-order chi connectivity index (χ1) is 16.4. The van der Waals surface area contributed by atoms with Crippen molar-refractivity contribution in [3.63, 3.8) is 0 Å². The Morgan fingerprint density at radius 3 is 2.74 bits per heavy atom. The molecular formula is C25H21N5O3S. The zero-order valence-electron chi connectivity index (χ0n) is 18.8. The van der Waals surface area contributed by atoms with Crippen LogP contribution in [0.4, 0.5) is 5.69 Å². The number of benzene rings is 2. The fourth-order valence-corrected chi connectivity index (χ4v) is 4.86. The number of amides is 1. The molecule has 0 saturated heterocycles. The van der Waals surface area contributed by atoms with E-state index in [4.69, 9.17) is 4.52 Å². The average molecular weight is 472 g/mol. The molecule has 3 heterocycles. The number of hydrogen-bond acceptors (Lipinski definition) is 7. The van der Waals surface area contributed by atoms with E-state index in [1.165, 1.54) is 22.2 Å². The standard InChI is InChI=1S/C25H21N5O3S/c1-14-7-6-9-17(11-14)27-19(31)12-30-13-26-24-20(25(30)32)16(3)21(34-24)23-28-22(29-33-23)18-10-5-4-8-15(18)2/h4-11,13H,12H2,1-3H3,(H,27,31). The Labute approximate surface area is 198 Å². The highest BCUT2D eigenvalue weighted by molar-refractivity contribution is 7.22. The third-order valence-corrected chi connectivity index (χ3v) is 6.73. The minimum atomic E-state index is -0.304. The van der Waals surface area contributed by atoms with Crippen molar-refractivity contribution >= 4 is 33.1 Å². The molecule has 34 heavy (non-hydrogen) atoms. The van der Waals surface area contributed by atoms with Crippen molar-refractivity contribution in [2.24, 2.45) is 0 Å². The lowest BCUT2D eigenvalue weighted by molar-refractivity contribution is -0.116. The molecule has 0 aliphatic rings. The molecule has 1 amide bonds. The first-order valence-corrected chi connectivity index (χ1v) is 11.5. The summed E-state index contributed by atoms with van der Waals surface area (Å²) in [6.07, 6.45) is 1.40. The van der Waals surface area contributed by atoms with E-state index >= 15 is 0 Å². The van der Waals surface area contributed by atoms with Gasteiger partial charge in [-0.1, -0.05) is 41.6 Å². The minimum Gasteiger partial charge on any atom is -0.333 e. The number of anilines is 1. The van der Waals surface area contributed by atoms with E-state index in [0.717, 1.165) is 16.7 Å². The van der Waals surface area contributed by atoms with E-state index in [1.54, 1.807) is 6.07 Å². The van der Waals surface area contributed by atoms with E-state index in [2.05, 4.69) is 20.4 Å². The molecule has 0 spiro atoms. The first kappa shape index (κ1) is 21.7. The number of carbonyl (C=O) groups excluding carboxylic acids is 1. The van der Waals surface area contributed by atoms with E-state index < -0.39 is 0 Å². The number of aryl methyl sites for hydroxylation is 3. The summed E-state index contributed by atoms with van der Waals surface area (Å²) in [6, 6.07) is 15.3. The number of carbonyl (C=O) groups is 1. The van der Waals surface area contributed by atoms with Gasteiger partial charge < -0.3 is 9.84 Å². The van der Waals surface area contributed by atoms with Gasteiger partial charge in [-0.2, -0.15) is 4.98 Å². The van der Waals surface area contributed by atoms with Gasteiger partial charge in [-0.25, -0.2) is 4.98 Å². The summed E-state index contributed by atoms with van der Waals surface area (Å²) in [4.78, 5) is 35.9. The van der Waals surface area contributed by atoms with Crippen LogP contribution in [0.15, 0.2) is 64.2 Å². The van der Waals surface area contributed by atoms with Gasteiger partial charge in [0.2, 0.25) is 11.7 Å². The molecule has 170 valence electrons. The third-order valence-electron chi connectivity index (χ3n) is 5.54. The summed E-state index contributed by atoms with van der Waals surface area (Å²) >= 11 is 1.31. The topological polar surface area (TPSA) is 103 Å². The van der Waals surface area contributed by atoms with Crippen molar-refractivity contribution in [2.45, 2.75) is 27.3 Å². The largest absolute Gasteiger partial charge is 0.333 e. The van der Waals surface area contributed by atoms with Crippen molar-refractivity contribution in [1.82, 2.24) is 19.7 Å². The number of hydrogen-bond donors (Lipinski definition) is 1. The highest BCUT2D eigenvalue weighted by Crippen LogP contribution is 2.35. The van der Waals surface area contributed by atoms with Crippen LogP contribution in [0.3, 0.4) is 0 Å². The Hall–Kier alpha value is -4.11. The molecule has 0 fully saturated rings. The van der Waals surface area contributed by atoms with Crippen molar-refractivity contribution < 1.29 is 9.32 Å². The van der Waals surface area contributed by atoms with Crippen LogP contribution in [-0.2, 0) is 11.3 Å². The normalized spacial score (nSPS) is 11.1. The molecule has 8 nitrogen and oxygen atoms in total. The molecule has 9 heteroatoms. The van der Waals surface area contributed by atoms with Crippen LogP contribution in [0.25, 0.3) is 32.4 Å². The third kappa shape index (κ3) is 4.01. The fraction of sp³-hybridized carbons (Fsp3) is 0.160. The van der Waals surface area contributed by atoms with Crippen LogP contribution in [0, 0.1) is 20.8 Å². The minimum absolute atomic E-state index is 0.141. The zero-order valence-corrected chi connectivity index (χ0v) is 19.6. The van der Waals surface area contributed by atoms with Crippen LogP contribution >= 0.6 is 11.3 Å². The molecule has 3 aromatic heterocycles. The van der Waals surface area contributed by atoms with Gasteiger partial charge in [-0.3, -0.25) is 14.2 Å². The Morgan fingerprint density at radius 1 is 1.12 bits per heavy atom. The first-order valence-electron chi connectivity index (χ1n) is 10.7. The van der Waals surface area contributed by atoms with Gasteiger partial charge >= 0.3 is 0 Å². The molecule has 0 aliphatic carbocycles.